The molecular formula is C22H22N2O4. The molecule has 0 spiro atoms. The van der Waals surface area contributed by atoms with Gasteiger partial charge in [0.05, 0.1) is 11.8 Å². The highest BCUT2D eigenvalue weighted by Gasteiger charge is 2.37. The van der Waals surface area contributed by atoms with Crippen molar-refractivity contribution in [2.75, 3.05) is 4.90 Å². The first-order valence-corrected chi connectivity index (χ1v) is 9.14. The molecule has 6 heteroatoms. The van der Waals surface area contributed by atoms with Crippen molar-refractivity contribution < 1.29 is 19.1 Å². The van der Waals surface area contributed by atoms with Crippen LogP contribution in [0, 0.1) is 6.92 Å². The Morgan fingerprint density at radius 2 is 1.75 bits per heavy atom. The van der Waals surface area contributed by atoms with Crippen LogP contribution in [-0.2, 0) is 9.59 Å². The van der Waals surface area contributed by atoms with Gasteiger partial charge in [0, 0.05) is 0 Å². The highest BCUT2D eigenvalue weighted by molar-refractivity contribution is 6.39. The molecule has 1 aliphatic rings. The minimum atomic E-state index is -0.751. The van der Waals surface area contributed by atoms with Gasteiger partial charge >= 0.3 is 6.03 Å². The second-order valence-corrected chi connectivity index (χ2v) is 6.65. The third kappa shape index (κ3) is 3.96. The Kier molecular flexibility index (Phi) is 5.59. The van der Waals surface area contributed by atoms with Crippen LogP contribution in [0.1, 0.15) is 31.4 Å². The number of amides is 4. The van der Waals surface area contributed by atoms with E-state index in [1.807, 2.05) is 19.9 Å². The van der Waals surface area contributed by atoms with Crippen LogP contribution in [0.2, 0.25) is 0 Å². The van der Waals surface area contributed by atoms with Crippen LogP contribution in [0.15, 0.2) is 54.1 Å². The number of urea groups is 1. The number of ether oxygens (including phenoxy) is 1. The number of aryl methyl sites for hydroxylation is 1. The van der Waals surface area contributed by atoms with E-state index in [1.54, 1.807) is 49.4 Å². The van der Waals surface area contributed by atoms with Gasteiger partial charge in [-0.05, 0) is 55.7 Å². The maximum atomic E-state index is 12.9. The van der Waals surface area contributed by atoms with E-state index in [0.29, 0.717) is 17.0 Å². The van der Waals surface area contributed by atoms with Crippen molar-refractivity contribution in [1.82, 2.24) is 5.32 Å². The van der Waals surface area contributed by atoms with Crippen LogP contribution >= 0.6 is 0 Å². The summed E-state index contributed by atoms with van der Waals surface area (Å²) >= 11 is 0. The van der Waals surface area contributed by atoms with Crippen molar-refractivity contribution in [3.63, 3.8) is 0 Å². The van der Waals surface area contributed by atoms with Gasteiger partial charge in [0.2, 0.25) is 0 Å². The third-order valence-corrected chi connectivity index (χ3v) is 4.56. The zero-order valence-electron chi connectivity index (χ0n) is 16.1. The summed E-state index contributed by atoms with van der Waals surface area (Å²) in [6, 6.07) is 13.4. The Hall–Kier alpha value is -3.41. The SMILES string of the molecule is CCC(C)Oc1ccc(/C=C2\C(=O)NC(=O)N(c3ccccc3C)C2=O)cc1. The summed E-state index contributed by atoms with van der Waals surface area (Å²) in [6.07, 6.45) is 2.47. The lowest BCUT2D eigenvalue weighted by atomic mass is 10.1. The number of carbonyl (C=O) groups is 3. The molecule has 2 aromatic carbocycles. The zero-order valence-corrected chi connectivity index (χ0v) is 16.1. The van der Waals surface area contributed by atoms with Crippen LogP contribution in [0.5, 0.6) is 5.75 Å². The van der Waals surface area contributed by atoms with Gasteiger partial charge in [0.1, 0.15) is 11.3 Å². The minimum Gasteiger partial charge on any atom is -0.491 e. The summed E-state index contributed by atoms with van der Waals surface area (Å²) in [5.41, 5.74) is 1.76. The molecule has 0 aliphatic carbocycles. The van der Waals surface area contributed by atoms with Crippen molar-refractivity contribution in [3.05, 3.63) is 65.2 Å². The number of imide groups is 2. The molecule has 1 atom stereocenters. The van der Waals surface area contributed by atoms with Crippen LogP contribution in [0.3, 0.4) is 0 Å². The number of barbiturate groups is 1. The molecule has 3 rings (SSSR count). The lowest BCUT2D eigenvalue weighted by Gasteiger charge is -2.27. The normalized spacial score (nSPS) is 16.9. The summed E-state index contributed by atoms with van der Waals surface area (Å²) in [7, 11) is 0. The number of para-hydroxylation sites is 1. The highest BCUT2D eigenvalue weighted by Crippen LogP contribution is 2.25. The molecule has 1 saturated heterocycles. The van der Waals surface area contributed by atoms with Crippen molar-refractivity contribution >= 4 is 29.6 Å². The Labute approximate surface area is 163 Å². The van der Waals surface area contributed by atoms with Gasteiger partial charge in [-0.2, -0.15) is 0 Å². The number of benzene rings is 2. The highest BCUT2D eigenvalue weighted by atomic mass is 16.5. The van der Waals surface area contributed by atoms with Crippen molar-refractivity contribution in [1.29, 1.82) is 0 Å². The zero-order chi connectivity index (χ0) is 20.3. The molecule has 1 heterocycles. The van der Waals surface area contributed by atoms with Crippen LogP contribution in [-0.4, -0.2) is 23.9 Å². The van der Waals surface area contributed by atoms with Crippen molar-refractivity contribution in [2.24, 2.45) is 0 Å². The average Bonchev–Trinajstić information content (AvgIpc) is 2.67. The number of hydrogen-bond donors (Lipinski definition) is 1. The smallest absolute Gasteiger partial charge is 0.335 e. The average molecular weight is 378 g/mol. The molecular weight excluding hydrogens is 356 g/mol. The summed E-state index contributed by atoms with van der Waals surface area (Å²) in [5, 5.41) is 2.24. The van der Waals surface area contributed by atoms with Gasteiger partial charge in [-0.25, -0.2) is 9.69 Å². The predicted molar refractivity (Wildman–Crippen MR) is 107 cm³/mol. The van der Waals surface area contributed by atoms with E-state index in [9.17, 15) is 14.4 Å². The van der Waals surface area contributed by atoms with E-state index in [0.717, 1.165) is 16.9 Å². The predicted octanol–water partition coefficient (Wildman–Crippen LogP) is 3.84. The summed E-state index contributed by atoms with van der Waals surface area (Å²) in [4.78, 5) is 38.4. The quantitative estimate of drug-likeness (QED) is 0.634. The fourth-order valence-electron chi connectivity index (χ4n) is 2.82. The maximum Gasteiger partial charge on any atom is 0.335 e. The fraction of sp³-hybridized carbons (Fsp3) is 0.227. The van der Waals surface area contributed by atoms with Gasteiger partial charge in [-0.1, -0.05) is 37.3 Å². The molecule has 1 unspecified atom stereocenters. The Morgan fingerprint density at radius 1 is 1.07 bits per heavy atom. The van der Waals surface area contributed by atoms with E-state index < -0.39 is 17.8 Å². The molecule has 4 amide bonds. The first-order chi connectivity index (χ1) is 13.4. The van der Waals surface area contributed by atoms with E-state index >= 15 is 0 Å². The standard InChI is InChI=1S/C22H22N2O4/c1-4-15(3)28-17-11-9-16(10-12-17)13-18-20(25)23-22(27)24(21(18)26)19-8-6-5-7-14(19)2/h5-13,15H,4H2,1-3H3,(H,23,25,27)/b18-13+. The molecule has 0 aromatic heterocycles. The first kappa shape index (κ1) is 19.4. The molecule has 28 heavy (non-hydrogen) atoms. The molecule has 1 fully saturated rings. The second kappa shape index (κ2) is 8.08. The van der Waals surface area contributed by atoms with Gasteiger partial charge < -0.3 is 4.74 Å². The van der Waals surface area contributed by atoms with Crippen molar-refractivity contribution in [3.8, 4) is 5.75 Å². The second-order valence-electron chi connectivity index (χ2n) is 6.65. The molecule has 6 nitrogen and oxygen atoms in total. The monoisotopic (exact) mass is 378 g/mol. The molecule has 2 aromatic rings. The molecule has 0 saturated carbocycles. The molecule has 1 aliphatic heterocycles. The van der Waals surface area contributed by atoms with E-state index in [2.05, 4.69) is 5.32 Å². The summed E-state index contributed by atoms with van der Waals surface area (Å²) < 4.78 is 5.73. The van der Waals surface area contributed by atoms with Gasteiger partial charge in [0.25, 0.3) is 11.8 Å². The number of nitrogens with one attached hydrogen (secondary N) is 1. The van der Waals surface area contributed by atoms with E-state index in [1.165, 1.54) is 6.08 Å². The minimum absolute atomic E-state index is 0.0987. The third-order valence-electron chi connectivity index (χ3n) is 4.56. The number of anilines is 1. The summed E-state index contributed by atoms with van der Waals surface area (Å²) in [6.45, 7) is 5.82. The molecule has 0 radical (unpaired) electrons. The van der Waals surface area contributed by atoms with Gasteiger partial charge in [-0.3, -0.25) is 14.9 Å². The van der Waals surface area contributed by atoms with Gasteiger partial charge in [-0.15, -0.1) is 0 Å². The Balaban J connectivity index is 1.90. The lowest BCUT2D eigenvalue weighted by Crippen LogP contribution is -2.54. The van der Waals surface area contributed by atoms with Crippen LogP contribution in [0.25, 0.3) is 6.08 Å². The number of carbonyl (C=O) groups excluding carboxylic acids is 3. The maximum absolute atomic E-state index is 12.9. The van der Waals surface area contributed by atoms with Crippen molar-refractivity contribution in [2.45, 2.75) is 33.3 Å². The largest absolute Gasteiger partial charge is 0.491 e. The number of hydrogen-bond acceptors (Lipinski definition) is 4. The van der Waals surface area contributed by atoms with Gasteiger partial charge in [0.15, 0.2) is 0 Å². The fourth-order valence-corrected chi connectivity index (χ4v) is 2.82. The summed E-state index contributed by atoms with van der Waals surface area (Å²) in [5.74, 6) is -0.643. The lowest BCUT2D eigenvalue weighted by molar-refractivity contribution is -0.122. The van der Waals surface area contributed by atoms with Crippen LogP contribution < -0.4 is 15.0 Å². The molecule has 1 N–H and O–H groups in total. The number of nitrogens with zero attached hydrogens (tertiary/aromatic N) is 1. The molecule has 144 valence electrons. The van der Waals surface area contributed by atoms with Crippen LogP contribution in [0.4, 0.5) is 10.5 Å². The Bertz CT molecular complexity index is 947. The number of rotatable bonds is 5. The Morgan fingerprint density at radius 3 is 2.39 bits per heavy atom. The topological polar surface area (TPSA) is 75.7 Å². The van der Waals surface area contributed by atoms with E-state index in [-0.39, 0.29) is 11.7 Å². The van der Waals surface area contributed by atoms with E-state index in [4.69, 9.17) is 4.74 Å². The molecule has 0 bridgehead atoms. The first-order valence-electron chi connectivity index (χ1n) is 9.14.